The molecule has 2 amide bonds. The molecular weight excluding hydrogens is 573 g/mol. The Morgan fingerprint density at radius 2 is 2.10 bits per heavy atom. The summed E-state index contributed by atoms with van der Waals surface area (Å²) in [6.45, 7) is 0.358. The Bertz CT molecular complexity index is 1560. The molecule has 0 radical (unpaired) electrons. The molecule has 40 heavy (non-hydrogen) atoms. The van der Waals surface area contributed by atoms with Gasteiger partial charge in [-0.15, -0.1) is 22.7 Å². The molecule has 1 aliphatic heterocycles. The summed E-state index contributed by atoms with van der Waals surface area (Å²) in [7, 11) is 1.59. The van der Waals surface area contributed by atoms with Gasteiger partial charge in [0.15, 0.2) is 0 Å². The number of aldehydes is 1. The predicted molar refractivity (Wildman–Crippen MR) is 156 cm³/mol. The number of thiazole rings is 1. The number of benzene rings is 2. The summed E-state index contributed by atoms with van der Waals surface area (Å²) in [4.78, 5) is 44.5. The van der Waals surface area contributed by atoms with E-state index in [4.69, 9.17) is 16.3 Å². The van der Waals surface area contributed by atoms with Gasteiger partial charge in [0.2, 0.25) is 5.91 Å². The lowest BCUT2D eigenvalue weighted by molar-refractivity contribution is -0.134. The maximum atomic E-state index is 15.3. The van der Waals surface area contributed by atoms with Gasteiger partial charge >= 0.3 is 0 Å². The van der Waals surface area contributed by atoms with E-state index in [1.165, 1.54) is 28.7 Å². The van der Waals surface area contributed by atoms with Crippen LogP contribution in [0.5, 0.6) is 0 Å². The van der Waals surface area contributed by atoms with Crippen molar-refractivity contribution in [3.05, 3.63) is 79.8 Å². The van der Waals surface area contributed by atoms with Crippen LogP contribution in [0, 0.1) is 5.82 Å². The Labute approximate surface area is 243 Å². The molecule has 2 aromatic heterocycles. The van der Waals surface area contributed by atoms with Crippen LogP contribution in [0.1, 0.15) is 51.1 Å². The maximum absolute atomic E-state index is 15.3. The average molecular weight is 600 g/mol. The van der Waals surface area contributed by atoms with Crippen LogP contribution in [-0.4, -0.2) is 47.7 Å². The van der Waals surface area contributed by atoms with E-state index in [1.807, 2.05) is 24.3 Å². The number of anilines is 1. The number of carbonyl (C=O) groups excluding carboxylic acids is 3. The van der Waals surface area contributed by atoms with Gasteiger partial charge in [0.05, 0.1) is 41.4 Å². The van der Waals surface area contributed by atoms with Crippen molar-refractivity contribution in [2.75, 3.05) is 19.0 Å². The lowest BCUT2D eigenvalue weighted by Gasteiger charge is -2.29. The van der Waals surface area contributed by atoms with Gasteiger partial charge in [0, 0.05) is 40.1 Å². The van der Waals surface area contributed by atoms with E-state index in [-0.39, 0.29) is 46.6 Å². The van der Waals surface area contributed by atoms with E-state index < -0.39 is 5.82 Å². The molecule has 5 rings (SSSR count). The smallest absolute Gasteiger partial charge is 0.257 e. The number of rotatable bonds is 10. The minimum Gasteiger partial charge on any atom is -0.383 e. The standard InChI is InChI=1S/C29H27ClFN3O4S2/c1-38-15-18-8-9-25(29-32-14-19(40-29)5-4-10-35)34(18)27(36)12-17-11-22(30)24(13-23(17)31)33-28(37)21-16-39-26-7-3-2-6-20(21)26/h2-3,6-7,10-11,13-14,16,18,25H,4-5,8-9,12,15H2,1H3,(H,33,37)/t18-,25-/m0/s1. The fourth-order valence-electron chi connectivity index (χ4n) is 5.07. The van der Waals surface area contributed by atoms with Crippen molar-refractivity contribution in [2.24, 2.45) is 0 Å². The van der Waals surface area contributed by atoms with Crippen LogP contribution in [0.4, 0.5) is 10.1 Å². The molecule has 11 heteroatoms. The number of aromatic nitrogens is 1. The normalized spacial score (nSPS) is 16.9. The zero-order chi connectivity index (χ0) is 28.2. The molecule has 208 valence electrons. The Balaban J connectivity index is 1.33. The van der Waals surface area contributed by atoms with E-state index >= 15 is 4.39 Å². The number of nitrogens with one attached hydrogen (secondary N) is 1. The van der Waals surface area contributed by atoms with Crippen LogP contribution >= 0.6 is 34.3 Å². The zero-order valence-electron chi connectivity index (χ0n) is 21.7. The van der Waals surface area contributed by atoms with Crippen molar-refractivity contribution in [1.29, 1.82) is 0 Å². The summed E-state index contributed by atoms with van der Waals surface area (Å²) in [5.41, 5.74) is 0.760. The second-order valence-corrected chi connectivity index (χ2v) is 12.0. The highest BCUT2D eigenvalue weighted by molar-refractivity contribution is 7.17. The highest BCUT2D eigenvalue weighted by Gasteiger charge is 2.39. The zero-order valence-corrected chi connectivity index (χ0v) is 24.1. The number of amides is 2. The molecule has 0 bridgehead atoms. The van der Waals surface area contributed by atoms with Crippen molar-refractivity contribution in [3.63, 3.8) is 0 Å². The summed E-state index contributed by atoms with van der Waals surface area (Å²) >= 11 is 9.40. The molecule has 1 aliphatic rings. The van der Waals surface area contributed by atoms with E-state index in [0.29, 0.717) is 31.4 Å². The number of halogens is 2. The third kappa shape index (κ3) is 5.95. The Morgan fingerprint density at radius 3 is 2.90 bits per heavy atom. The number of thiophene rings is 1. The first-order valence-corrected chi connectivity index (χ1v) is 14.9. The van der Waals surface area contributed by atoms with Gasteiger partial charge in [0.1, 0.15) is 17.1 Å². The Morgan fingerprint density at radius 1 is 1.27 bits per heavy atom. The number of likely N-dealkylation sites (tertiary alicyclic amines) is 1. The van der Waals surface area contributed by atoms with Crippen molar-refractivity contribution in [1.82, 2.24) is 9.88 Å². The summed E-state index contributed by atoms with van der Waals surface area (Å²) in [5.74, 6) is -1.28. The average Bonchev–Trinajstić information content (AvgIpc) is 3.68. The third-order valence-electron chi connectivity index (χ3n) is 6.97. The molecule has 2 aromatic carbocycles. The molecule has 0 aliphatic carbocycles. The lowest BCUT2D eigenvalue weighted by Crippen LogP contribution is -2.40. The minimum absolute atomic E-state index is 0.137. The van der Waals surface area contributed by atoms with Gasteiger partial charge in [-0.1, -0.05) is 29.8 Å². The SMILES string of the molecule is COC[C@@H]1CC[C@@H](c2ncc(CCC=O)s2)N1C(=O)Cc1cc(Cl)c(NC(=O)c2csc3ccccc23)cc1F. The van der Waals surface area contributed by atoms with Crippen LogP contribution in [0.15, 0.2) is 48.0 Å². The number of ether oxygens (including phenoxy) is 1. The molecule has 2 atom stereocenters. The molecule has 0 unspecified atom stereocenters. The molecule has 1 N–H and O–H groups in total. The highest BCUT2D eigenvalue weighted by atomic mass is 35.5. The fraction of sp³-hybridized carbons (Fsp3) is 0.310. The number of nitrogens with zero attached hydrogens (tertiary/aromatic N) is 2. The number of hydrogen-bond acceptors (Lipinski definition) is 7. The topological polar surface area (TPSA) is 88.6 Å². The molecule has 1 fully saturated rings. The summed E-state index contributed by atoms with van der Waals surface area (Å²) in [6.07, 6.45) is 4.90. The fourth-order valence-corrected chi connectivity index (χ4v) is 7.31. The number of methoxy groups -OCH3 is 1. The second kappa shape index (κ2) is 12.6. The first kappa shape index (κ1) is 28.4. The molecule has 0 spiro atoms. The van der Waals surface area contributed by atoms with E-state index in [0.717, 1.165) is 38.7 Å². The van der Waals surface area contributed by atoms with E-state index in [1.54, 1.807) is 23.6 Å². The maximum Gasteiger partial charge on any atom is 0.257 e. The van der Waals surface area contributed by atoms with Crippen LogP contribution < -0.4 is 5.32 Å². The minimum atomic E-state index is -0.632. The molecule has 1 saturated heterocycles. The largest absolute Gasteiger partial charge is 0.383 e. The quantitative estimate of drug-likeness (QED) is 0.212. The summed E-state index contributed by atoms with van der Waals surface area (Å²) < 4.78 is 21.6. The van der Waals surface area contributed by atoms with E-state index in [9.17, 15) is 14.4 Å². The van der Waals surface area contributed by atoms with Crippen molar-refractivity contribution in [2.45, 2.75) is 44.2 Å². The number of aryl methyl sites for hydroxylation is 1. The lowest BCUT2D eigenvalue weighted by atomic mass is 10.1. The van der Waals surface area contributed by atoms with Crippen molar-refractivity contribution < 1.29 is 23.5 Å². The van der Waals surface area contributed by atoms with Crippen LogP contribution in [0.2, 0.25) is 5.02 Å². The molecule has 3 heterocycles. The van der Waals surface area contributed by atoms with Gasteiger partial charge in [-0.25, -0.2) is 9.37 Å². The van der Waals surface area contributed by atoms with Crippen LogP contribution in [0.25, 0.3) is 10.1 Å². The van der Waals surface area contributed by atoms with Crippen molar-refractivity contribution >= 4 is 68.1 Å². The van der Waals surface area contributed by atoms with Gasteiger partial charge in [-0.05, 0) is 43.0 Å². The van der Waals surface area contributed by atoms with Gasteiger partial charge in [-0.3, -0.25) is 9.59 Å². The Kier molecular flexibility index (Phi) is 8.90. The summed E-state index contributed by atoms with van der Waals surface area (Å²) in [6, 6.07) is 9.68. The monoisotopic (exact) mass is 599 g/mol. The highest BCUT2D eigenvalue weighted by Crippen LogP contribution is 2.39. The number of carbonyl (C=O) groups is 3. The Hall–Kier alpha value is -3.18. The van der Waals surface area contributed by atoms with Gasteiger partial charge < -0.3 is 19.7 Å². The predicted octanol–water partition coefficient (Wildman–Crippen LogP) is 6.46. The van der Waals surface area contributed by atoms with Crippen LogP contribution in [0.3, 0.4) is 0 Å². The van der Waals surface area contributed by atoms with Crippen molar-refractivity contribution in [3.8, 4) is 0 Å². The van der Waals surface area contributed by atoms with E-state index in [2.05, 4.69) is 10.3 Å². The summed E-state index contributed by atoms with van der Waals surface area (Å²) in [5, 5.41) is 6.21. The number of hydrogen-bond donors (Lipinski definition) is 1. The first-order valence-electron chi connectivity index (χ1n) is 12.8. The second-order valence-electron chi connectivity index (χ2n) is 9.57. The molecular formula is C29H27ClFN3O4S2. The first-order chi connectivity index (χ1) is 19.4. The van der Waals surface area contributed by atoms with Gasteiger partial charge in [0.25, 0.3) is 5.91 Å². The van der Waals surface area contributed by atoms with Gasteiger partial charge in [-0.2, -0.15) is 0 Å². The van der Waals surface area contributed by atoms with Crippen LogP contribution in [-0.2, 0) is 27.2 Å². The molecule has 0 saturated carbocycles. The molecule has 7 nitrogen and oxygen atoms in total. The number of fused-ring (bicyclic) bond motifs is 1. The third-order valence-corrected chi connectivity index (χ3v) is 9.40. The molecule has 4 aromatic rings.